The number of aryl methyl sites for hydroxylation is 1. The highest BCUT2D eigenvalue weighted by atomic mass is 16.2. The first kappa shape index (κ1) is 23.3. The van der Waals surface area contributed by atoms with Crippen molar-refractivity contribution in [2.45, 2.75) is 26.7 Å². The van der Waals surface area contributed by atoms with Crippen molar-refractivity contribution in [2.75, 3.05) is 32.5 Å². The highest BCUT2D eigenvalue weighted by Gasteiger charge is 2.26. The summed E-state index contributed by atoms with van der Waals surface area (Å²) in [5.74, 6) is 2.30. The van der Waals surface area contributed by atoms with Gasteiger partial charge < -0.3 is 10.2 Å². The van der Waals surface area contributed by atoms with Gasteiger partial charge in [0.25, 0.3) is 0 Å². The van der Waals surface area contributed by atoms with Gasteiger partial charge >= 0.3 is 6.15 Å². The lowest BCUT2D eigenvalue weighted by Crippen LogP contribution is -2.25. The van der Waals surface area contributed by atoms with Gasteiger partial charge in [0.05, 0.1) is 17.0 Å². The number of rotatable bonds is 7. The molecule has 1 atom stereocenters. The fourth-order valence-electron chi connectivity index (χ4n) is 4.05. The zero-order valence-electron chi connectivity index (χ0n) is 19.1. The number of carbonyl (C=O) groups excluding carboxylic acids is 2. The van der Waals surface area contributed by atoms with Crippen LogP contribution >= 0.6 is 0 Å². The third kappa shape index (κ3) is 5.84. The molecule has 0 fully saturated rings. The molecule has 7 heteroatoms. The monoisotopic (exact) mass is 431 g/mol. The summed E-state index contributed by atoms with van der Waals surface area (Å²) in [6.07, 6.45) is 3.74. The van der Waals surface area contributed by atoms with E-state index in [-0.39, 0.29) is 6.15 Å². The number of anilines is 1. The molecule has 166 valence electrons. The second-order valence-corrected chi connectivity index (χ2v) is 8.50. The van der Waals surface area contributed by atoms with Gasteiger partial charge in [0, 0.05) is 32.1 Å². The van der Waals surface area contributed by atoms with Crippen LogP contribution in [0.3, 0.4) is 0 Å². The van der Waals surface area contributed by atoms with Crippen molar-refractivity contribution < 1.29 is 9.59 Å². The van der Waals surface area contributed by atoms with E-state index in [4.69, 9.17) is 24.5 Å². The maximum absolute atomic E-state index is 8.12. The van der Waals surface area contributed by atoms with Gasteiger partial charge in [0.1, 0.15) is 11.6 Å². The standard InChI is InChI=1S/C24H29N5.CO2/c1-16-10-19-12-20-22(23(19)25-13-16)24(26-14-17(2)15-29(3)4)28-21(27-20)11-18-8-6-5-7-9-18;2-1-3/h5-10,13,17H,11-12,14-15H2,1-4H3,(H,26,27,28);. The minimum atomic E-state index is 0.250. The van der Waals surface area contributed by atoms with E-state index in [1.807, 2.05) is 12.3 Å². The lowest BCUT2D eigenvalue weighted by molar-refractivity contribution is -0.191. The predicted molar refractivity (Wildman–Crippen MR) is 123 cm³/mol. The summed E-state index contributed by atoms with van der Waals surface area (Å²) in [7, 11) is 4.22. The van der Waals surface area contributed by atoms with Crippen LogP contribution in [-0.4, -0.2) is 53.2 Å². The second-order valence-electron chi connectivity index (χ2n) is 8.50. The quantitative estimate of drug-likeness (QED) is 0.480. The zero-order valence-corrected chi connectivity index (χ0v) is 19.1. The summed E-state index contributed by atoms with van der Waals surface area (Å²) in [5, 5.41) is 3.61. The number of hydrogen-bond acceptors (Lipinski definition) is 7. The van der Waals surface area contributed by atoms with Gasteiger partial charge in [-0.25, -0.2) is 9.97 Å². The Balaban J connectivity index is 0.000000913. The molecule has 0 saturated carbocycles. The average molecular weight is 432 g/mol. The molecule has 1 aliphatic carbocycles. The lowest BCUT2D eigenvalue weighted by atomic mass is 10.1. The Morgan fingerprint density at radius 2 is 1.88 bits per heavy atom. The maximum Gasteiger partial charge on any atom is 0.373 e. The van der Waals surface area contributed by atoms with E-state index in [1.54, 1.807) is 0 Å². The molecule has 1 N–H and O–H groups in total. The van der Waals surface area contributed by atoms with Crippen molar-refractivity contribution in [2.24, 2.45) is 5.92 Å². The first-order valence-corrected chi connectivity index (χ1v) is 10.7. The fraction of sp³-hybridized carbons (Fsp3) is 0.360. The molecular weight excluding hydrogens is 402 g/mol. The zero-order chi connectivity index (χ0) is 23.1. The summed E-state index contributed by atoms with van der Waals surface area (Å²) in [4.78, 5) is 33.1. The van der Waals surface area contributed by atoms with Crippen molar-refractivity contribution in [3.05, 3.63) is 70.8 Å². The Morgan fingerprint density at radius 1 is 1.16 bits per heavy atom. The van der Waals surface area contributed by atoms with Crippen molar-refractivity contribution in [1.82, 2.24) is 19.9 Å². The van der Waals surface area contributed by atoms with Crippen LogP contribution in [0.4, 0.5) is 5.82 Å². The van der Waals surface area contributed by atoms with Crippen LogP contribution in [0.5, 0.6) is 0 Å². The van der Waals surface area contributed by atoms with Crippen LogP contribution in [0.25, 0.3) is 11.3 Å². The van der Waals surface area contributed by atoms with E-state index >= 15 is 0 Å². The fourth-order valence-corrected chi connectivity index (χ4v) is 4.05. The third-order valence-electron chi connectivity index (χ3n) is 5.23. The van der Waals surface area contributed by atoms with Crippen LogP contribution in [0.2, 0.25) is 0 Å². The van der Waals surface area contributed by atoms with E-state index in [0.717, 1.165) is 54.5 Å². The molecule has 7 nitrogen and oxygen atoms in total. The molecule has 2 heterocycles. The molecule has 4 rings (SSSR count). The molecule has 1 unspecified atom stereocenters. The molecule has 0 saturated heterocycles. The molecule has 1 aliphatic rings. The number of benzene rings is 1. The predicted octanol–water partition coefficient (Wildman–Crippen LogP) is 3.37. The molecule has 0 spiro atoms. The van der Waals surface area contributed by atoms with E-state index < -0.39 is 0 Å². The molecule has 0 aliphatic heterocycles. The average Bonchev–Trinajstić information content (AvgIpc) is 3.10. The summed E-state index contributed by atoms with van der Waals surface area (Å²) >= 11 is 0. The second kappa shape index (κ2) is 10.8. The van der Waals surface area contributed by atoms with Gasteiger partial charge in [-0.15, -0.1) is 0 Å². The van der Waals surface area contributed by atoms with Crippen LogP contribution in [0.15, 0.2) is 42.6 Å². The van der Waals surface area contributed by atoms with Crippen LogP contribution in [0, 0.1) is 12.8 Å². The molecule has 0 bridgehead atoms. The smallest absolute Gasteiger partial charge is 0.369 e. The Hall–Kier alpha value is -3.41. The minimum absolute atomic E-state index is 0.250. The van der Waals surface area contributed by atoms with E-state index in [1.165, 1.54) is 16.7 Å². The Labute approximate surface area is 188 Å². The summed E-state index contributed by atoms with van der Waals surface area (Å²) in [6, 6.07) is 12.6. The van der Waals surface area contributed by atoms with Crippen molar-refractivity contribution in [3.8, 4) is 11.3 Å². The summed E-state index contributed by atoms with van der Waals surface area (Å²) in [6.45, 7) is 6.25. The maximum atomic E-state index is 8.12. The normalized spacial score (nSPS) is 12.3. The SMILES string of the molecule is Cc1cnc2c(c1)Cc1nc(Cc3ccccc3)nc(NCC(C)CN(C)C)c1-2.O=C=O. The number of nitrogens with zero attached hydrogens (tertiary/aromatic N) is 4. The van der Waals surface area contributed by atoms with Crippen molar-refractivity contribution in [3.63, 3.8) is 0 Å². The van der Waals surface area contributed by atoms with Crippen LogP contribution in [0.1, 0.15) is 35.1 Å². The number of pyridine rings is 1. The van der Waals surface area contributed by atoms with Crippen molar-refractivity contribution in [1.29, 1.82) is 0 Å². The van der Waals surface area contributed by atoms with Crippen molar-refractivity contribution >= 4 is 12.0 Å². The van der Waals surface area contributed by atoms with E-state index in [9.17, 15) is 0 Å². The number of aromatic nitrogens is 3. The number of hydrogen-bond donors (Lipinski definition) is 1. The van der Waals surface area contributed by atoms with Gasteiger partial charge in [0.15, 0.2) is 0 Å². The molecule has 0 amide bonds. The summed E-state index contributed by atoms with van der Waals surface area (Å²) in [5.41, 5.74) is 6.85. The Bertz CT molecular complexity index is 1090. The Morgan fingerprint density at radius 3 is 2.56 bits per heavy atom. The first-order valence-electron chi connectivity index (χ1n) is 10.7. The van der Waals surface area contributed by atoms with Crippen LogP contribution in [-0.2, 0) is 22.4 Å². The highest BCUT2D eigenvalue weighted by Crippen LogP contribution is 2.38. The largest absolute Gasteiger partial charge is 0.373 e. The highest BCUT2D eigenvalue weighted by molar-refractivity contribution is 5.81. The minimum Gasteiger partial charge on any atom is -0.369 e. The lowest BCUT2D eigenvalue weighted by Gasteiger charge is -2.19. The van der Waals surface area contributed by atoms with Gasteiger partial charge in [-0.2, -0.15) is 9.59 Å². The van der Waals surface area contributed by atoms with Crippen LogP contribution < -0.4 is 5.32 Å². The van der Waals surface area contributed by atoms with E-state index in [2.05, 4.69) is 68.5 Å². The van der Waals surface area contributed by atoms with Gasteiger partial charge in [0.2, 0.25) is 0 Å². The first-order chi connectivity index (χ1) is 15.4. The van der Waals surface area contributed by atoms with Gasteiger partial charge in [-0.3, -0.25) is 4.98 Å². The molecule has 1 aromatic carbocycles. The third-order valence-corrected chi connectivity index (χ3v) is 5.23. The molecule has 2 aromatic heterocycles. The topological polar surface area (TPSA) is 88.1 Å². The Kier molecular flexibility index (Phi) is 7.82. The molecule has 3 aromatic rings. The number of nitrogens with one attached hydrogen (secondary N) is 1. The number of fused-ring (bicyclic) bond motifs is 3. The molecule has 0 radical (unpaired) electrons. The van der Waals surface area contributed by atoms with E-state index in [0.29, 0.717) is 5.92 Å². The van der Waals surface area contributed by atoms with Gasteiger partial charge in [-0.05, 0) is 43.6 Å². The van der Waals surface area contributed by atoms with Gasteiger partial charge in [-0.1, -0.05) is 43.3 Å². The summed E-state index contributed by atoms with van der Waals surface area (Å²) < 4.78 is 0. The molecule has 32 heavy (non-hydrogen) atoms. The molecular formula is C25H29N5O2.